The van der Waals surface area contributed by atoms with Gasteiger partial charge in [0.2, 0.25) is 12.7 Å². The third-order valence-corrected chi connectivity index (χ3v) is 6.11. The predicted octanol–water partition coefficient (Wildman–Crippen LogP) is 4.04. The molecule has 0 atom stereocenters. The fourth-order valence-electron chi connectivity index (χ4n) is 3.14. The minimum atomic E-state index is -0.150. The van der Waals surface area contributed by atoms with Crippen LogP contribution in [-0.4, -0.2) is 41.5 Å². The number of anilines is 1. The van der Waals surface area contributed by atoms with E-state index in [1.807, 2.05) is 18.2 Å². The first-order chi connectivity index (χ1) is 15.0. The second-order valence-electron chi connectivity index (χ2n) is 6.83. The first kappa shape index (κ1) is 21.2. The van der Waals surface area contributed by atoms with Crippen LogP contribution in [0.1, 0.15) is 18.4 Å². The summed E-state index contributed by atoms with van der Waals surface area (Å²) in [6, 6.07) is 12.6. The van der Waals surface area contributed by atoms with Crippen LogP contribution in [0, 0.1) is 0 Å². The molecule has 0 aliphatic carbocycles. The maximum absolute atomic E-state index is 12.8. The standard InChI is InChI=1S/C22H20N2O5S2/c1-27-16-7-5-15(6-8-16)23-20(25)3-2-10-24-21(26)19(31-22(24)30)12-14-4-9-17-18(11-14)29-13-28-17/h4-9,11-12H,2-3,10,13H2,1H3,(H,23,25)/b19-12-. The lowest BCUT2D eigenvalue weighted by Gasteiger charge is -2.14. The molecule has 160 valence electrons. The molecule has 2 aliphatic heterocycles. The predicted molar refractivity (Wildman–Crippen MR) is 123 cm³/mol. The fourth-order valence-corrected chi connectivity index (χ4v) is 4.45. The summed E-state index contributed by atoms with van der Waals surface area (Å²) in [7, 11) is 1.59. The van der Waals surface area contributed by atoms with E-state index in [0.717, 1.165) is 11.3 Å². The maximum Gasteiger partial charge on any atom is 0.266 e. The Morgan fingerprint density at radius 3 is 2.77 bits per heavy atom. The molecule has 0 saturated carbocycles. The average Bonchev–Trinajstić information content (AvgIpc) is 3.33. The Hall–Kier alpha value is -3.04. The summed E-state index contributed by atoms with van der Waals surface area (Å²) in [5, 5.41) is 2.83. The minimum absolute atomic E-state index is 0.119. The van der Waals surface area contributed by atoms with E-state index < -0.39 is 0 Å². The molecular formula is C22H20N2O5S2. The maximum atomic E-state index is 12.8. The molecule has 0 unspecified atom stereocenters. The van der Waals surface area contributed by atoms with Gasteiger partial charge in [-0.05, 0) is 54.5 Å². The average molecular weight is 457 g/mol. The van der Waals surface area contributed by atoms with Crippen molar-refractivity contribution in [1.29, 1.82) is 0 Å². The van der Waals surface area contributed by atoms with Gasteiger partial charge in [0.25, 0.3) is 5.91 Å². The molecule has 2 aromatic rings. The van der Waals surface area contributed by atoms with Gasteiger partial charge >= 0.3 is 0 Å². The topological polar surface area (TPSA) is 77.1 Å². The highest BCUT2D eigenvalue weighted by atomic mass is 32.2. The van der Waals surface area contributed by atoms with Crippen LogP contribution >= 0.6 is 24.0 Å². The Kier molecular flexibility index (Phi) is 6.43. The van der Waals surface area contributed by atoms with Crippen LogP contribution < -0.4 is 19.5 Å². The molecule has 31 heavy (non-hydrogen) atoms. The molecular weight excluding hydrogens is 436 g/mol. The summed E-state index contributed by atoms with van der Waals surface area (Å²) >= 11 is 6.63. The Morgan fingerprint density at radius 1 is 1.23 bits per heavy atom. The molecule has 2 aliphatic rings. The van der Waals surface area contributed by atoms with Crippen LogP contribution in [0.2, 0.25) is 0 Å². The van der Waals surface area contributed by atoms with E-state index in [2.05, 4.69) is 5.32 Å². The number of ether oxygens (including phenoxy) is 3. The van der Waals surface area contributed by atoms with E-state index >= 15 is 0 Å². The first-order valence-electron chi connectivity index (χ1n) is 9.62. The number of carbonyl (C=O) groups is 2. The molecule has 1 fully saturated rings. The number of methoxy groups -OCH3 is 1. The number of benzene rings is 2. The van der Waals surface area contributed by atoms with Gasteiger partial charge in [-0.1, -0.05) is 30.0 Å². The van der Waals surface area contributed by atoms with Gasteiger partial charge in [-0.2, -0.15) is 0 Å². The Balaban J connectivity index is 1.30. The summed E-state index contributed by atoms with van der Waals surface area (Å²) < 4.78 is 16.3. The van der Waals surface area contributed by atoms with Gasteiger partial charge in [0.15, 0.2) is 11.5 Å². The Labute approximate surface area is 189 Å². The number of nitrogens with zero attached hydrogens (tertiary/aromatic N) is 1. The number of fused-ring (bicyclic) bond motifs is 1. The van der Waals surface area contributed by atoms with Crippen LogP contribution in [0.5, 0.6) is 17.2 Å². The van der Waals surface area contributed by atoms with Crippen molar-refractivity contribution in [3.63, 3.8) is 0 Å². The second-order valence-corrected chi connectivity index (χ2v) is 8.50. The molecule has 0 spiro atoms. The van der Waals surface area contributed by atoms with E-state index in [0.29, 0.717) is 39.4 Å². The van der Waals surface area contributed by atoms with Crippen LogP contribution in [0.25, 0.3) is 6.08 Å². The van der Waals surface area contributed by atoms with E-state index in [1.54, 1.807) is 42.4 Å². The van der Waals surface area contributed by atoms with Crippen molar-refractivity contribution in [2.75, 3.05) is 25.8 Å². The molecule has 7 nitrogen and oxygen atoms in total. The molecule has 0 bridgehead atoms. The lowest BCUT2D eigenvalue weighted by molar-refractivity contribution is -0.122. The monoisotopic (exact) mass is 456 g/mol. The van der Waals surface area contributed by atoms with Gasteiger partial charge in [-0.3, -0.25) is 14.5 Å². The van der Waals surface area contributed by atoms with Crippen LogP contribution in [-0.2, 0) is 9.59 Å². The highest BCUT2D eigenvalue weighted by Crippen LogP contribution is 2.36. The van der Waals surface area contributed by atoms with Gasteiger partial charge in [0, 0.05) is 18.7 Å². The van der Waals surface area contributed by atoms with E-state index in [9.17, 15) is 9.59 Å². The van der Waals surface area contributed by atoms with Gasteiger partial charge < -0.3 is 19.5 Å². The second kappa shape index (κ2) is 9.40. The summed E-state index contributed by atoms with van der Waals surface area (Å²) in [5.41, 5.74) is 1.53. The molecule has 2 aromatic carbocycles. The highest BCUT2D eigenvalue weighted by Gasteiger charge is 2.31. The quantitative estimate of drug-likeness (QED) is 0.498. The van der Waals surface area contributed by atoms with Gasteiger partial charge in [0.1, 0.15) is 10.1 Å². The molecule has 9 heteroatoms. The van der Waals surface area contributed by atoms with Gasteiger partial charge in [-0.25, -0.2) is 0 Å². The van der Waals surface area contributed by atoms with Crippen molar-refractivity contribution in [2.45, 2.75) is 12.8 Å². The van der Waals surface area contributed by atoms with Crippen molar-refractivity contribution in [2.24, 2.45) is 0 Å². The van der Waals surface area contributed by atoms with Gasteiger partial charge in [0.05, 0.1) is 12.0 Å². The molecule has 2 heterocycles. The van der Waals surface area contributed by atoms with Crippen molar-refractivity contribution in [1.82, 2.24) is 4.90 Å². The molecule has 0 aromatic heterocycles. The lowest BCUT2D eigenvalue weighted by Crippen LogP contribution is -2.29. The number of hydrogen-bond acceptors (Lipinski definition) is 7. The molecule has 1 N–H and O–H groups in total. The summed E-state index contributed by atoms with van der Waals surface area (Å²) in [6.07, 6.45) is 2.58. The smallest absolute Gasteiger partial charge is 0.266 e. The largest absolute Gasteiger partial charge is 0.497 e. The zero-order valence-electron chi connectivity index (χ0n) is 16.8. The number of amides is 2. The molecule has 4 rings (SSSR count). The Bertz CT molecular complexity index is 1050. The summed E-state index contributed by atoms with van der Waals surface area (Å²) in [6.45, 7) is 0.589. The van der Waals surface area contributed by atoms with Crippen molar-refractivity contribution in [3.05, 3.63) is 52.9 Å². The lowest BCUT2D eigenvalue weighted by atomic mass is 10.2. The van der Waals surface area contributed by atoms with Crippen LogP contribution in [0.15, 0.2) is 47.4 Å². The Morgan fingerprint density at radius 2 is 2.00 bits per heavy atom. The zero-order valence-corrected chi connectivity index (χ0v) is 18.4. The minimum Gasteiger partial charge on any atom is -0.497 e. The number of rotatable bonds is 7. The van der Waals surface area contributed by atoms with Gasteiger partial charge in [-0.15, -0.1) is 0 Å². The third-order valence-electron chi connectivity index (χ3n) is 4.73. The third kappa shape index (κ3) is 5.00. The number of nitrogens with one attached hydrogen (secondary N) is 1. The zero-order chi connectivity index (χ0) is 21.8. The van der Waals surface area contributed by atoms with Crippen LogP contribution in [0.3, 0.4) is 0 Å². The fraction of sp³-hybridized carbons (Fsp3) is 0.227. The number of thioether (sulfide) groups is 1. The van der Waals surface area contributed by atoms with E-state index in [1.165, 1.54) is 11.8 Å². The van der Waals surface area contributed by atoms with Crippen molar-refractivity contribution in [3.8, 4) is 17.2 Å². The van der Waals surface area contributed by atoms with E-state index in [4.69, 9.17) is 26.4 Å². The van der Waals surface area contributed by atoms with E-state index in [-0.39, 0.29) is 25.0 Å². The molecule has 0 radical (unpaired) electrons. The molecule has 2 amide bonds. The summed E-state index contributed by atoms with van der Waals surface area (Å²) in [4.78, 5) is 27.0. The summed E-state index contributed by atoms with van der Waals surface area (Å²) in [5.74, 6) is 1.81. The highest BCUT2D eigenvalue weighted by molar-refractivity contribution is 8.26. The number of thiocarbonyl (C=S) groups is 1. The normalized spacial score (nSPS) is 16.2. The SMILES string of the molecule is COc1ccc(NC(=O)CCCN2C(=O)/C(=C/c3ccc4c(c3)OCO4)SC2=S)cc1. The van der Waals surface area contributed by atoms with Crippen molar-refractivity contribution >= 4 is 51.9 Å². The molecule has 1 saturated heterocycles. The van der Waals surface area contributed by atoms with Crippen LogP contribution in [0.4, 0.5) is 5.69 Å². The van der Waals surface area contributed by atoms with Crippen molar-refractivity contribution < 1.29 is 23.8 Å². The first-order valence-corrected chi connectivity index (χ1v) is 10.8. The number of carbonyl (C=O) groups excluding carboxylic acids is 2. The number of hydrogen-bond donors (Lipinski definition) is 1.